The van der Waals surface area contributed by atoms with Crippen LogP contribution in [0.2, 0.25) is 5.02 Å². The molecule has 0 spiro atoms. The summed E-state index contributed by atoms with van der Waals surface area (Å²) in [6.45, 7) is 0. The van der Waals surface area contributed by atoms with Gasteiger partial charge in [-0.25, -0.2) is 0 Å². The second-order valence-corrected chi connectivity index (χ2v) is 5.63. The van der Waals surface area contributed by atoms with Crippen molar-refractivity contribution < 1.29 is 4.79 Å². The fourth-order valence-electron chi connectivity index (χ4n) is 2.34. The van der Waals surface area contributed by atoms with E-state index in [4.69, 9.17) is 11.6 Å². The first-order valence-corrected chi connectivity index (χ1v) is 7.74. The van der Waals surface area contributed by atoms with E-state index in [2.05, 4.69) is 12.1 Å². The Bertz CT molecular complexity index is 833. The molecule has 0 heterocycles. The quantitative estimate of drug-likeness (QED) is 0.432. The van der Waals surface area contributed by atoms with E-state index < -0.39 is 0 Å². The first-order valence-electron chi connectivity index (χ1n) is 7.36. The van der Waals surface area contributed by atoms with Gasteiger partial charge in [0.15, 0.2) is 5.78 Å². The Morgan fingerprint density at radius 2 is 1.48 bits per heavy atom. The summed E-state index contributed by atoms with van der Waals surface area (Å²) >= 11 is 5.93. The first kappa shape index (κ1) is 15.3. The first-order chi connectivity index (χ1) is 11.2. The lowest BCUT2D eigenvalue weighted by atomic mass is 10.0. The van der Waals surface area contributed by atoms with Crippen molar-refractivity contribution in [2.75, 3.05) is 0 Å². The zero-order chi connectivity index (χ0) is 16.1. The SMILES string of the molecule is O=C(/C=C\c1cccc(Cl)c1)c1ccc(-c2ccccc2)cc1. The van der Waals surface area contributed by atoms with E-state index in [9.17, 15) is 4.79 Å². The lowest BCUT2D eigenvalue weighted by molar-refractivity contribution is 0.104. The van der Waals surface area contributed by atoms with Gasteiger partial charge < -0.3 is 0 Å². The van der Waals surface area contributed by atoms with Gasteiger partial charge in [0.2, 0.25) is 0 Å². The summed E-state index contributed by atoms with van der Waals surface area (Å²) in [5.41, 5.74) is 3.82. The van der Waals surface area contributed by atoms with Gasteiger partial charge in [-0.2, -0.15) is 0 Å². The molecule has 0 aromatic heterocycles. The third kappa shape index (κ3) is 3.97. The minimum atomic E-state index is -0.0235. The molecule has 0 aliphatic carbocycles. The average Bonchev–Trinajstić information content (AvgIpc) is 2.61. The van der Waals surface area contributed by atoms with Crippen LogP contribution in [0.25, 0.3) is 17.2 Å². The number of allylic oxidation sites excluding steroid dienone is 1. The Balaban J connectivity index is 1.75. The van der Waals surface area contributed by atoms with Crippen molar-refractivity contribution in [1.82, 2.24) is 0 Å². The Kier molecular flexibility index (Phi) is 4.70. The molecular formula is C21H15ClO. The molecule has 0 aliphatic rings. The van der Waals surface area contributed by atoms with Crippen LogP contribution >= 0.6 is 11.6 Å². The van der Waals surface area contributed by atoms with Crippen LogP contribution in [0.5, 0.6) is 0 Å². The van der Waals surface area contributed by atoms with Crippen molar-refractivity contribution in [2.45, 2.75) is 0 Å². The van der Waals surface area contributed by atoms with Gasteiger partial charge in [-0.1, -0.05) is 84.4 Å². The Morgan fingerprint density at radius 3 is 2.17 bits per heavy atom. The summed E-state index contributed by atoms with van der Waals surface area (Å²) in [6.07, 6.45) is 3.35. The van der Waals surface area contributed by atoms with Crippen LogP contribution in [0.1, 0.15) is 15.9 Å². The van der Waals surface area contributed by atoms with Crippen molar-refractivity contribution in [1.29, 1.82) is 0 Å². The van der Waals surface area contributed by atoms with Gasteiger partial charge in [-0.15, -0.1) is 0 Å². The number of hydrogen-bond donors (Lipinski definition) is 0. The predicted molar refractivity (Wildman–Crippen MR) is 96.7 cm³/mol. The van der Waals surface area contributed by atoms with Gasteiger partial charge in [0.25, 0.3) is 0 Å². The molecule has 0 N–H and O–H groups in total. The average molecular weight is 319 g/mol. The third-order valence-electron chi connectivity index (χ3n) is 3.55. The molecule has 0 aliphatic heterocycles. The molecule has 3 aromatic carbocycles. The molecule has 3 aromatic rings. The molecule has 3 rings (SSSR count). The Labute approximate surface area is 140 Å². The second-order valence-electron chi connectivity index (χ2n) is 5.20. The van der Waals surface area contributed by atoms with Crippen LogP contribution in [0.4, 0.5) is 0 Å². The number of benzene rings is 3. The largest absolute Gasteiger partial charge is 0.289 e. The van der Waals surface area contributed by atoms with E-state index in [-0.39, 0.29) is 5.78 Å². The Morgan fingerprint density at radius 1 is 0.783 bits per heavy atom. The molecule has 2 heteroatoms. The Hall–Kier alpha value is -2.64. The lowest BCUT2D eigenvalue weighted by Crippen LogP contribution is -1.93. The van der Waals surface area contributed by atoms with Crippen molar-refractivity contribution in [2.24, 2.45) is 0 Å². The number of carbonyl (C=O) groups is 1. The van der Waals surface area contributed by atoms with Gasteiger partial charge >= 0.3 is 0 Å². The van der Waals surface area contributed by atoms with Crippen LogP contribution in [0.15, 0.2) is 84.9 Å². The van der Waals surface area contributed by atoms with Crippen molar-refractivity contribution >= 4 is 23.5 Å². The fraction of sp³-hybridized carbons (Fsp3) is 0. The highest BCUT2D eigenvalue weighted by atomic mass is 35.5. The number of ketones is 1. The lowest BCUT2D eigenvalue weighted by Gasteiger charge is -2.02. The van der Waals surface area contributed by atoms with Crippen LogP contribution < -0.4 is 0 Å². The summed E-state index contributed by atoms with van der Waals surface area (Å²) in [6, 6.07) is 25.1. The maximum absolute atomic E-state index is 12.2. The van der Waals surface area contributed by atoms with Crippen molar-refractivity contribution in [3.63, 3.8) is 0 Å². The monoisotopic (exact) mass is 318 g/mol. The highest BCUT2D eigenvalue weighted by Gasteiger charge is 2.03. The summed E-state index contributed by atoms with van der Waals surface area (Å²) in [7, 11) is 0. The summed E-state index contributed by atoms with van der Waals surface area (Å²) in [5, 5.41) is 0.659. The molecule has 0 fully saturated rings. The number of carbonyl (C=O) groups excluding carboxylic acids is 1. The molecule has 1 nitrogen and oxygen atoms in total. The molecule has 0 amide bonds. The van der Waals surface area contributed by atoms with E-state index in [1.807, 2.05) is 66.7 Å². The number of halogens is 1. The van der Waals surface area contributed by atoms with E-state index in [1.165, 1.54) is 0 Å². The smallest absolute Gasteiger partial charge is 0.185 e. The predicted octanol–water partition coefficient (Wildman–Crippen LogP) is 5.90. The summed E-state index contributed by atoms with van der Waals surface area (Å²) < 4.78 is 0. The van der Waals surface area contributed by atoms with Crippen LogP contribution in [0, 0.1) is 0 Å². The molecule has 0 saturated heterocycles. The van der Waals surface area contributed by atoms with Crippen LogP contribution in [-0.2, 0) is 0 Å². The van der Waals surface area contributed by atoms with Crippen LogP contribution in [0.3, 0.4) is 0 Å². The van der Waals surface area contributed by atoms with Crippen LogP contribution in [-0.4, -0.2) is 5.78 Å². The van der Waals surface area contributed by atoms with Gasteiger partial charge in [-0.3, -0.25) is 4.79 Å². The molecule has 112 valence electrons. The van der Waals surface area contributed by atoms with E-state index in [0.29, 0.717) is 10.6 Å². The molecule has 0 bridgehead atoms. The molecule has 0 atom stereocenters. The summed E-state index contributed by atoms with van der Waals surface area (Å²) in [5.74, 6) is -0.0235. The topological polar surface area (TPSA) is 17.1 Å². The molecule has 0 saturated carbocycles. The number of hydrogen-bond acceptors (Lipinski definition) is 1. The highest BCUT2D eigenvalue weighted by molar-refractivity contribution is 6.30. The minimum absolute atomic E-state index is 0.0235. The van der Waals surface area contributed by atoms with Gasteiger partial charge in [0.1, 0.15) is 0 Å². The maximum atomic E-state index is 12.2. The zero-order valence-electron chi connectivity index (χ0n) is 12.4. The normalized spacial score (nSPS) is 10.8. The molecular weight excluding hydrogens is 304 g/mol. The number of rotatable bonds is 4. The molecule has 0 radical (unpaired) electrons. The minimum Gasteiger partial charge on any atom is -0.289 e. The van der Waals surface area contributed by atoms with Gasteiger partial charge in [0.05, 0.1) is 0 Å². The fourth-order valence-corrected chi connectivity index (χ4v) is 2.53. The molecule has 0 unspecified atom stereocenters. The highest BCUT2D eigenvalue weighted by Crippen LogP contribution is 2.19. The maximum Gasteiger partial charge on any atom is 0.185 e. The van der Waals surface area contributed by atoms with Crippen molar-refractivity contribution in [3.05, 3.63) is 101 Å². The van der Waals surface area contributed by atoms with E-state index in [0.717, 1.165) is 16.7 Å². The van der Waals surface area contributed by atoms with Crippen molar-refractivity contribution in [3.8, 4) is 11.1 Å². The zero-order valence-corrected chi connectivity index (χ0v) is 13.2. The van der Waals surface area contributed by atoms with E-state index >= 15 is 0 Å². The van der Waals surface area contributed by atoms with Gasteiger partial charge in [0, 0.05) is 10.6 Å². The second kappa shape index (κ2) is 7.08. The molecule has 23 heavy (non-hydrogen) atoms. The van der Waals surface area contributed by atoms with Gasteiger partial charge in [-0.05, 0) is 34.9 Å². The third-order valence-corrected chi connectivity index (χ3v) is 3.79. The standard InChI is InChI=1S/C21H15ClO/c22-20-8-4-5-16(15-20)9-14-21(23)19-12-10-18(11-13-19)17-6-2-1-3-7-17/h1-15H/b14-9-. The van der Waals surface area contributed by atoms with E-state index in [1.54, 1.807) is 12.2 Å². The summed E-state index contributed by atoms with van der Waals surface area (Å²) in [4.78, 5) is 12.2.